The number of alkyl halides is 3. The number of carbonyl (C=O) groups is 3. The number of rotatable bonds is 10. The lowest BCUT2D eigenvalue weighted by Gasteiger charge is -2.41. The van der Waals surface area contributed by atoms with Crippen molar-refractivity contribution in [3.05, 3.63) is 54.1 Å². The average molecular weight is 669 g/mol. The second-order valence-electron chi connectivity index (χ2n) is 12.9. The molecule has 3 atom stereocenters. The van der Waals surface area contributed by atoms with Crippen molar-refractivity contribution in [2.24, 2.45) is 5.92 Å². The van der Waals surface area contributed by atoms with Crippen molar-refractivity contribution in [2.75, 3.05) is 23.4 Å². The Balaban J connectivity index is 1.76. The van der Waals surface area contributed by atoms with Gasteiger partial charge in [0.15, 0.2) is 9.84 Å². The highest BCUT2D eigenvalue weighted by Gasteiger charge is 2.37. The van der Waals surface area contributed by atoms with Crippen molar-refractivity contribution < 1.29 is 40.7 Å². The third kappa shape index (κ3) is 10.7. The zero-order valence-corrected chi connectivity index (χ0v) is 27.7. The van der Waals surface area contributed by atoms with Gasteiger partial charge in [-0.15, -0.1) is 0 Å². The minimum atomic E-state index is -4.74. The van der Waals surface area contributed by atoms with Crippen molar-refractivity contribution >= 4 is 39.1 Å². The molecule has 0 aromatic heterocycles. The van der Waals surface area contributed by atoms with Crippen molar-refractivity contribution in [3.8, 4) is 0 Å². The zero-order chi connectivity index (χ0) is 34.4. The lowest BCUT2D eigenvalue weighted by atomic mass is 9.81. The fraction of sp³-hybridized carbons (Fsp3) is 0.531. The molecule has 1 aliphatic carbocycles. The second-order valence-corrected chi connectivity index (χ2v) is 14.9. The molecular formula is C32H43F3N4O6S. The lowest BCUT2D eigenvalue weighted by Crippen LogP contribution is -2.51. The summed E-state index contributed by atoms with van der Waals surface area (Å²) < 4.78 is 72.1. The molecule has 0 unspecified atom stereocenters. The summed E-state index contributed by atoms with van der Waals surface area (Å²) in [5.41, 5.74) is -2.50. The Morgan fingerprint density at radius 1 is 0.957 bits per heavy atom. The molecule has 2 aromatic rings. The van der Waals surface area contributed by atoms with Crippen LogP contribution in [0.5, 0.6) is 0 Å². The largest absolute Gasteiger partial charge is 0.444 e. The Hall–Kier alpha value is -3.65. The fourth-order valence-corrected chi connectivity index (χ4v) is 7.05. The van der Waals surface area contributed by atoms with Gasteiger partial charge in [-0.3, -0.25) is 14.9 Å². The molecule has 0 spiro atoms. The molecule has 0 aliphatic heterocycles. The summed E-state index contributed by atoms with van der Waals surface area (Å²) in [6, 6.07) is 10.2. The predicted molar refractivity (Wildman–Crippen MR) is 169 cm³/mol. The van der Waals surface area contributed by atoms with Crippen LogP contribution in [0.3, 0.4) is 0 Å². The van der Waals surface area contributed by atoms with Crippen LogP contribution in [0.4, 0.5) is 29.3 Å². The number of hydrogen-bond acceptors (Lipinski definition) is 7. The van der Waals surface area contributed by atoms with Gasteiger partial charge in [-0.1, -0.05) is 18.2 Å². The van der Waals surface area contributed by atoms with E-state index < -0.39 is 63.5 Å². The van der Waals surface area contributed by atoms with E-state index >= 15 is 0 Å². The van der Waals surface area contributed by atoms with E-state index in [1.807, 2.05) is 20.9 Å². The first kappa shape index (κ1) is 36.8. The van der Waals surface area contributed by atoms with Gasteiger partial charge in [0, 0.05) is 18.1 Å². The molecule has 2 aromatic carbocycles. The van der Waals surface area contributed by atoms with E-state index in [-0.39, 0.29) is 34.1 Å². The number of halogens is 3. The summed E-state index contributed by atoms with van der Waals surface area (Å²) >= 11 is 0. The molecule has 0 bridgehead atoms. The number of nitrogens with zero attached hydrogens (tertiary/aromatic N) is 1. The highest BCUT2D eigenvalue weighted by atomic mass is 32.2. The van der Waals surface area contributed by atoms with Crippen LogP contribution in [0.2, 0.25) is 0 Å². The van der Waals surface area contributed by atoms with Gasteiger partial charge < -0.3 is 20.3 Å². The molecule has 10 nitrogen and oxygen atoms in total. The topological polar surface area (TPSA) is 134 Å². The third-order valence-electron chi connectivity index (χ3n) is 7.81. The average Bonchev–Trinajstić information content (AvgIpc) is 2.93. The summed E-state index contributed by atoms with van der Waals surface area (Å²) in [6.07, 6.45) is -4.76. The van der Waals surface area contributed by atoms with Crippen LogP contribution < -0.4 is 16.0 Å². The first-order valence-corrected chi connectivity index (χ1v) is 16.7. The van der Waals surface area contributed by atoms with Gasteiger partial charge >= 0.3 is 12.3 Å². The number of amides is 3. The molecule has 3 amide bonds. The predicted octanol–water partition coefficient (Wildman–Crippen LogP) is 5.85. The standard InChI is InChI=1S/C32H43F3N4O6S/c1-20(2)39(6)23-13-15-25(21(16-23)19-46(43,44)24-10-8-7-9-11-24)36-28(40)18-29(41)37-27-17-22(32(33,34)35)12-14-26(27)38-30(42)45-31(3,4)5/h7-12,14,17,20-21,23,25H,13,15-16,18-19H2,1-6H3,(H,36,40)(H,37,41)(H,38,42)/t21-,23+,25+/m1/s1. The number of carbonyl (C=O) groups excluding carboxylic acids is 3. The second kappa shape index (κ2) is 14.8. The zero-order valence-electron chi connectivity index (χ0n) is 26.9. The van der Waals surface area contributed by atoms with Crippen molar-refractivity contribution in [2.45, 2.75) is 95.1 Å². The third-order valence-corrected chi connectivity index (χ3v) is 9.66. The Morgan fingerprint density at radius 3 is 2.20 bits per heavy atom. The van der Waals surface area contributed by atoms with Gasteiger partial charge in [0.1, 0.15) is 12.0 Å². The Labute approximate surface area is 268 Å². The molecule has 0 radical (unpaired) electrons. The van der Waals surface area contributed by atoms with Crippen LogP contribution in [-0.2, 0) is 30.3 Å². The summed E-state index contributed by atoms with van der Waals surface area (Å²) in [4.78, 5) is 40.6. The number of ether oxygens (including phenoxy) is 1. The smallest absolute Gasteiger partial charge is 0.416 e. The quantitative estimate of drug-likeness (QED) is 0.271. The van der Waals surface area contributed by atoms with Crippen molar-refractivity contribution in [1.29, 1.82) is 0 Å². The molecule has 1 fully saturated rings. The highest BCUT2D eigenvalue weighted by Crippen LogP contribution is 2.35. The van der Waals surface area contributed by atoms with Gasteiger partial charge in [-0.25, -0.2) is 13.2 Å². The number of nitrogens with one attached hydrogen (secondary N) is 3. The maximum absolute atomic E-state index is 13.4. The molecule has 0 heterocycles. The van der Waals surface area contributed by atoms with E-state index in [2.05, 4.69) is 20.9 Å². The first-order valence-electron chi connectivity index (χ1n) is 15.1. The lowest BCUT2D eigenvalue weighted by molar-refractivity contribution is -0.137. The van der Waals surface area contributed by atoms with Crippen molar-refractivity contribution in [3.63, 3.8) is 0 Å². The molecular weight excluding hydrogens is 625 g/mol. The number of benzene rings is 2. The van der Waals surface area contributed by atoms with Gasteiger partial charge in [0.25, 0.3) is 0 Å². The van der Waals surface area contributed by atoms with Gasteiger partial charge in [0.05, 0.1) is 27.6 Å². The molecule has 46 heavy (non-hydrogen) atoms. The minimum Gasteiger partial charge on any atom is -0.444 e. The van der Waals surface area contributed by atoms with Gasteiger partial charge in [0.2, 0.25) is 11.8 Å². The van der Waals surface area contributed by atoms with E-state index in [9.17, 15) is 36.0 Å². The van der Waals surface area contributed by atoms with Crippen LogP contribution in [0.25, 0.3) is 0 Å². The Morgan fingerprint density at radius 2 is 1.61 bits per heavy atom. The molecule has 0 saturated heterocycles. The minimum absolute atomic E-state index is 0.0872. The molecule has 1 saturated carbocycles. The Bertz CT molecular complexity index is 1490. The van der Waals surface area contributed by atoms with Crippen LogP contribution in [0.15, 0.2) is 53.4 Å². The Kier molecular flexibility index (Phi) is 11.9. The van der Waals surface area contributed by atoms with E-state index in [1.54, 1.807) is 39.0 Å². The van der Waals surface area contributed by atoms with Crippen LogP contribution >= 0.6 is 0 Å². The number of sulfone groups is 1. The maximum atomic E-state index is 13.4. The van der Waals surface area contributed by atoms with Gasteiger partial charge in [-0.05, 0) is 97.2 Å². The van der Waals surface area contributed by atoms with Crippen molar-refractivity contribution in [1.82, 2.24) is 10.2 Å². The van der Waals surface area contributed by atoms with E-state index in [0.29, 0.717) is 25.3 Å². The molecule has 3 rings (SSSR count). The molecule has 14 heteroatoms. The van der Waals surface area contributed by atoms with E-state index in [0.717, 1.165) is 12.1 Å². The van der Waals surface area contributed by atoms with Crippen LogP contribution in [0.1, 0.15) is 65.9 Å². The van der Waals surface area contributed by atoms with E-state index in [4.69, 9.17) is 4.74 Å². The molecule has 254 valence electrons. The number of hydrogen-bond donors (Lipinski definition) is 3. The summed E-state index contributed by atoms with van der Waals surface area (Å²) in [7, 11) is -1.72. The highest BCUT2D eigenvalue weighted by molar-refractivity contribution is 7.91. The van der Waals surface area contributed by atoms with Crippen LogP contribution in [-0.4, -0.2) is 67.8 Å². The van der Waals surface area contributed by atoms with Crippen LogP contribution in [0, 0.1) is 5.92 Å². The first-order chi connectivity index (χ1) is 21.2. The molecule has 1 aliphatic rings. The summed E-state index contributed by atoms with van der Waals surface area (Å²) in [5.74, 6) is -2.30. The fourth-order valence-electron chi connectivity index (χ4n) is 5.36. The number of anilines is 2. The maximum Gasteiger partial charge on any atom is 0.416 e. The summed E-state index contributed by atoms with van der Waals surface area (Å²) in [5, 5.41) is 7.42. The SMILES string of the molecule is CC(C)N(C)[C@H]1CC[C@H](NC(=O)CC(=O)Nc2cc(C(F)(F)F)ccc2NC(=O)OC(C)(C)C)[C@@H](CS(=O)(=O)c2ccccc2)C1. The van der Waals surface area contributed by atoms with Gasteiger partial charge in [-0.2, -0.15) is 13.2 Å². The normalized spacial score (nSPS) is 19.1. The summed E-state index contributed by atoms with van der Waals surface area (Å²) in [6.45, 7) is 8.91. The van der Waals surface area contributed by atoms with E-state index in [1.165, 1.54) is 12.1 Å². The molecule has 3 N–H and O–H groups in total. The monoisotopic (exact) mass is 668 g/mol.